The van der Waals surface area contributed by atoms with Gasteiger partial charge < -0.3 is 19.3 Å². The van der Waals surface area contributed by atoms with E-state index in [4.69, 9.17) is 9.47 Å². The van der Waals surface area contributed by atoms with Gasteiger partial charge in [0, 0.05) is 32.4 Å². The molecule has 1 aliphatic rings. The Morgan fingerprint density at radius 2 is 2.18 bits per heavy atom. The highest BCUT2D eigenvalue weighted by atomic mass is 16.5. The SMILES string of the molecule is COCCOc1ncccc1C(=O)N1C[C@@H](N(C)C)[C@@H](C)C1. The fourth-order valence-electron chi connectivity index (χ4n) is 2.85. The number of nitrogens with zero attached hydrogens (tertiary/aromatic N) is 3. The van der Waals surface area contributed by atoms with Crippen molar-refractivity contribution < 1.29 is 14.3 Å². The topological polar surface area (TPSA) is 54.9 Å². The largest absolute Gasteiger partial charge is 0.475 e. The van der Waals surface area contributed by atoms with Gasteiger partial charge in [0.2, 0.25) is 5.88 Å². The number of methoxy groups -OCH3 is 1. The lowest BCUT2D eigenvalue weighted by molar-refractivity contribution is 0.0772. The summed E-state index contributed by atoms with van der Waals surface area (Å²) in [6, 6.07) is 3.92. The first-order valence-corrected chi connectivity index (χ1v) is 7.57. The van der Waals surface area contributed by atoms with Crippen molar-refractivity contribution in [3.63, 3.8) is 0 Å². The summed E-state index contributed by atoms with van der Waals surface area (Å²) in [7, 11) is 5.72. The number of aromatic nitrogens is 1. The molecule has 2 atom stereocenters. The van der Waals surface area contributed by atoms with Gasteiger partial charge in [0.25, 0.3) is 5.91 Å². The van der Waals surface area contributed by atoms with E-state index in [1.807, 2.05) is 4.90 Å². The first-order chi connectivity index (χ1) is 10.5. The highest BCUT2D eigenvalue weighted by Crippen LogP contribution is 2.24. The Balaban J connectivity index is 2.10. The van der Waals surface area contributed by atoms with Crippen molar-refractivity contribution in [2.75, 3.05) is 47.5 Å². The van der Waals surface area contributed by atoms with Gasteiger partial charge in [-0.05, 0) is 32.1 Å². The molecule has 1 fully saturated rings. The number of pyridine rings is 1. The van der Waals surface area contributed by atoms with Crippen LogP contribution in [0.4, 0.5) is 0 Å². The Bertz CT molecular complexity index is 507. The smallest absolute Gasteiger partial charge is 0.259 e. The molecule has 6 nitrogen and oxygen atoms in total. The Hall–Kier alpha value is -1.66. The van der Waals surface area contributed by atoms with Gasteiger partial charge in [-0.2, -0.15) is 0 Å². The molecule has 0 spiro atoms. The summed E-state index contributed by atoms with van der Waals surface area (Å²) in [5, 5.41) is 0. The molecule has 2 rings (SSSR count). The van der Waals surface area contributed by atoms with Crippen LogP contribution in [0.1, 0.15) is 17.3 Å². The molecule has 1 amide bonds. The van der Waals surface area contributed by atoms with Gasteiger partial charge in [-0.15, -0.1) is 0 Å². The van der Waals surface area contributed by atoms with Crippen LogP contribution in [0.25, 0.3) is 0 Å². The van der Waals surface area contributed by atoms with E-state index in [2.05, 4.69) is 30.9 Å². The molecule has 22 heavy (non-hydrogen) atoms. The molecule has 6 heteroatoms. The fraction of sp³-hybridized carbons (Fsp3) is 0.625. The highest BCUT2D eigenvalue weighted by molar-refractivity contribution is 5.96. The third-order valence-electron chi connectivity index (χ3n) is 4.05. The summed E-state index contributed by atoms with van der Waals surface area (Å²) >= 11 is 0. The van der Waals surface area contributed by atoms with Gasteiger partial charge >= 0.3 is 0 Å². The quantitative estimate of drug-likeness (QED) is 0.738. The molecular formula is C16H25N3O3. The summed E-state index contributed by atoms with van der Waals surface area (Å²) in [6.07, 6.45) is 1.63. The molecule has 0 aromatic carbocycles. The molecule has 2 heterocycles. The van der Waals surface area contributed by atoms with E-state index in [0.29, 0.717) is 36.6 Å². The highest BCUT2D eigenvalue weighted by Gasteiger charge is 2.34. The third kappa shape index (κ3) is 3.75. The number of rotatable bonds is 6. The Kier molecular flexibility index (Phi) is 5.74. The maximum atomic E-state index is 12.8. The average Bonchev–Trinajstić information content (AvgIpc) is 2.89. The molecule has 1 aromatic rings. The number of hydrogen-bond donors (Lipinski definition) is 0. The van der Waals surface area contributed by atoms with Crippen LogP contribution in [0.2, 0.25) is 0 Å². The van der Waals surface area contributed by atoms with E-state index >= 15 is 0 Å². The minimum Gasteiger partial charge on any atom is -0.475 e. The Labute approximate surface area is 132 Å². The Morgan fingerprint density at radius 3 is 2.82 bits per heavy atom. The Morgan fingerprint density at radius 1 is 1.41 bits per heavy atom. The third-order valence-corrected chi connectivity index (χ3v) is 4.05. The molecule has 0 N–H and O–H groups in total. The standard InChI is InChI=1S/C16H25N3O3/c1-12-10-19(11-14(12)18(2)3)16(20)13-6-5-7-17-15(13)22-9-8-21-4/h5-7,12,14H,8-11H2,1-4H3/t12-,14+/m0/s1. The lowest BCUT2D eigenvalue weighted by Gasteiger charge is -2.22. The molecule has 0 saturated carbocycles. The number of carbonyl (C=O) groups excluding carboxylic acids is 1. The van der Waals surface area contributed by atoms with Gasteiger partial charge in [-0.1, -0.05) is 6.92 Å². The second-order valence-electron chi connectivity index (χ2n) is 5.92. The van der Waals surface area contributed by atoms with Crippen molar-refractivity contribution >= 4 is 5.91 Å². The average molecular weight is 307 g/mol. The number of ether oxygens (including phenoxy) is 2. The monoisotopic (exact) mass is 307 g/mol. The molecule has 1 aliphatic heterocycles. The lowest BCUT2D eigenvalue weighted by Crippen LogP contribution is -2.36. The maximum absolute atomic E-state index is 12.8. The molecule has 1 aromatic heterocycles. The first-order valence-electron chi connectivity index (χ1n) is 7.57. The molecule has 122 valence electrons. The van der Waals surface area contributed by atoms with E-state index in [0.717, 1.165) is 13.1 Å². The predicted octanol–water partition coefficient (Wildman–Crippen LogP) is 1.13. The van der Waals surface area contributed by atoms with Gasteiger partial charge in [0.05, 0.1) is 6.61 Å². The maximum Gasteiger partial charge on any atom is 0.259 e. The van der Waals surface area contributed by atoms with Crippen molar-refractivity contribution in [2.24, 2.45) is 5.92 Å². The van der Waals surface area contributed by atoms with E-state index in [9.17, 15) is 4.79 Å². The van der Waals surface area contributed by atoms with E-state index < -0.39 is 0 Å². The zero-order valence-electron chi connectivity index (χ0n) is 13.8. The number of carbonyl (C=O) groups is 1. The van der Waals surface area contributed by atoms with Crippen molar-refractivity contribution in [1.82, 2.24) is 14.8 Å². The molecule has 1 saturated heterocycles. The van der Waals surface area contributed by atoms with Crippen LogP contribution < -0.4 is 4.74 Å². The zero-order chi connectivity index (χ0) is 16.1. The predicted molar refractivity (Wildman–Crippen MR) is 84.2 cm³/mol. The van der Waals surface area contributed by atoms with Crippen molar-refractivity contribution in [2.45, 2.75) is 13.0 Å². The summed E-state index contributed by atoms with van der Waals surface area (Å²) in [5.41, 5.74) is 0.519. The number of likely N-dealkylation sites (N-methyl/N-ethyl adjacent to an activating group) is 1. The van der Waals surface area contributed by atoms with Gasteiger partial charge in [0.15, 0.2) is 0 Å². The molecule has 0 bridgehead atoms. The van der Waals surface area contributed by atoms with Gasteiger partial charge in [-0.3, -0.25) is 4.79 Å². The molecular weight excluding hydrogens is 282 g/mol. The van der Waals surface area contributed by atoms with Crippen molar-refractivity contribution in [3.8, 4) is 5.88 Å². The molecule has 0 radical (unpaired) electrons. The van der Waals surface area contributed by atoms with Crippen LogP contribution in [0.5, 0.6) is 5.88 Å². The van der Waals surface area contributed by atoms with Crippen molar-refractivity contribution in [3.05, 3.63) is 23.9 Å². The summed E-state index contributed by atoms with van der Waals surface area (Å²) < 4.78 is 10.5. The van der Waals surface area contributed by atoms with Gasteiger partial charge in [-0.25, -0.2) is 4.98 Å². The summed E-state index contributed by atoms with van der Waals surface area (Å²) in [4.78, 5) is 21.0. The molecule has 0 unspecified atom stereocenters. The van der Waals surface area contributed by atoms with Gasteiger partial charge in [0.1, 0.15) is 12.2 Å². The van der Waals surface area contributed by atoms with Crippen LogP contribution in [-0.2, 0) is 4.74 Å². The van der Waals surface area contributed by atoms with Crippen LogP contribution in [0.15, 0.2) is 18.3 Å². The van der Waals surface area contributed by atoms with E-state index in [1.54, 1.807) is 25.4 Å². The van der Waals surface area contributed by atoms with E-state index in [1.165, 1.54) is 0 Å². The summed E-state index contributed by atoms with van der Waals surface area (Å²) in [5.74, 6) is 0.815. The molecule has 0 aliphatic carbocycles. The zero-order valence-corrected chi connectivity index (χ0v) is 13.8. The number of likely N-dealkylation sites (tertiary alicyclic amines) is 1. The van der Waals surface area contributed by atoms with Crippen LogP contribution >= 0.6 is 0 Å². The van der Waals surface area contributed by atoms with Crippen molar-refractivity contribution in [1.29, 1.82) is 0 Å². The van der Waals surface area contributed by atoms with E-state index in [-0.39, 0.29) is 5.91 Å². The number of amides is 1. The van der Waals surface area contributed by atoms with Crippen LogP contribution in [-0.4, -0.2) is 74.2 Å². The second kappa shape index (κ2) is 7.56. The summed E-state index contributed by atoms with van der Waals surface area (Å²) in [6.45, 7) is 4.52. The minimum atomic E-state index is -0.0169. The number of hydrogen-bond acceptors (Lipinski definition) is 5. The second-order valence-corrected chi connectivity index (χ2v) is 5.92. The lowest BCUT2D eigenvalue weighted by atomic mass is 10.1. The minimum absolute atomic E-state index is 0.0169. The first kappa shape index (κ1) is 16.7. The normalized spacial score (nSPS) is 21.4. The van der Waals surface area contributed by atoms with Crippen LogP contribution in [0.3, 0.4) is 0 Å². The van der Waals surface area contributed by atoms with Crippen LogP contribution in [0, 0.1) is 5.92 Å². The fourth-order valence-corrected chi connectivity index (χ4v) is 2.85.